The van der Waals surface area contributed by atoms with Gasteiger partial charge < -0.3 is 4.52 Å². The number of rotatable bonds is 4. The van der Waals surface area contributed by atoms with Gasteiger partial charge in [0.1, 0.15) is 11.6 Å². The van der Waals surface area contributed by atoms with Gasteiger partial charge in [0.15, 0.2) is 0 Å². The fraction of sp³-hybridized carbons (Fsp3) is 0.357. The van der Waals surface area contributed by atoms with E-state index in [-0.39, 0.29) is 5.82 Å². The van der Waals surface area contributed by atoms with Crippen molar-refractivity contribution in [2.24, 2.45) is 0 Å². The summed E-state index contributed by atoms with van der Waals surface area (Å²) in [5.41, 5.74) is 2.41. The molecule has 0 spiro atoms. The minimum atomic E-state index is -0.280. The SMILES string of the molecule is Cc1noc(C)c1CN(C)Cc1c(F)cccc1Cl. The van der Waals surface area contributed by atoms with E-state index in [1.54, 1.807) is 12.1 Å². The number of halogens is 2. The summed E-state index contributed by atoms with van der Waals surface area (Å²) < 4.78 is 18.8. The molecule has 1 aromatic heterocycles. The quantitative estimate of drug-likeness (QED) is 0.856. The summed E-state index contributed by atoms with van der Waals surface area (Å²) in [4.78, 5) is 1.98. The number of nitrogens with zero attached hydrogens (tertiary/aromatic N) is 2. The number of aryl methyl sites for hydroxylation is 2. The molecule has 0 saturated carbocycles. The van der Waals surface area contributed by atoms with E-state index in [1.807, 2.05) is 25.8 Å². The van der Waals surface area contributed by atoms with Crippen molar-refractivity contribution in [3.8, 4) is 0 Å². The predicted molar refractivity (Wildman–Crippen MR) is 72.6 cm³/mol. The molecule has 19 heavy (non-hydrogen) atoms. The molecule has 1 aromatic carbocycles. The van der Waals surface area contributed by atoms with Gasteiger partial charge in [-0.3, -0.25) is 4.90 Å². The Morgan fingerprint density at radius 2 is 1.95 bits per heavy atom. The van der Waals surface area contributed by atoms with Gasteiger partial charge in [-0.1, -0.05) is 22.8 Å². The van der Waals surface area contributed by atoms with E-state index in [1.165, 1.54) is 6.07 Å². The Hall–Kier alpha value is -1.39. The van der Waals surface area contributed by atoms with Crippen molar-refractivity contribution in [3.05, 3.63) is 51.6 Å². The fourth-order valence-corrected chi connectivity index (χ4v) is 2.23. The maximum atomic E-state index is 13.7. The number of hydrogen-bond acceptors (Lipinski definition) is 3. The van der Waals surface area contributed by atoms with E-state index in [0.29, 0.717) is 23.7 Å². The highest BCUT2D eigenvalue weighted by molar-refractivity contribution is 6.31. The largest absolute Gasteiger partial charge is 0.361 e. The topological polar surface area (TPSA) is 29.3 Å². The first-order valence-corrected chi connectivity index (χ1v) is 6.40. The first kappa shape index (κ1) is 14.0. The van der Waals surface area contributed by atoms with Crippen LogP contribution < -0.4 is 0 Å². The molecule has 1 heterocycles. The molecule has 0 amide bonds. The van der Waals surface area contributed by atoms with E-state index in [4.69, 9.17) is 16.1 Å². The maximum Gasteiger partial charge on any atom is 0.138 e. The second kappa shape index (κ2) is 5.72. The first-order valence-electron chi connectivity index (χ1n) is 6.02. The van der Waals surface area contributed by atoms with Crippen molar-refractivity contribution in [2.45, 2.75) is 26.9 Å². The molecular formula is C14H16ClFN2O. The molecule has 2 rings (SSSR count). The summed E-state index contributed by atoms with van der Waals surface area (Å²) in [7, 11) is 1.91. The van der Waals surface area contributed by atoms with Gasteiger partial charge in [0, 0.05) is 29.2 Å². The van der Waals surface area contributed by atoms with Crippen molar-refractivity contribution in [3.63, 3.8) is 0 Å². The highest BCUT2D eigenvalue weighted by atomic mass is 35.5. The Balaban J connectivity index is 2.12. The number of hydrogen-bond donors (Lipinski definition) is 0. The monoisotopic (exact) mass is 282 g/mol. The first-order chi connectivity index (χ1) is 8.99. The van der Waals surface area contributed by atoms with Crippen molar-refractivity contribution < 1.29 is 8.91 Å². The van der Waals surface area contributed by atoms with Gasteiger partial charge in [0.2, 0.25) is 0 Å². The van der Waals surface area contributed by atoms with E-state index in [9.17, 15) is 4.39 Å². The molecule has 0 aliphatic rings. The van der Waals surface area contributed by atoms with Crippen LogP contribution in [0.15, 0.2) is 22.7 Å². The molecule has 2 aromatic rings. The lowest BCUT2D eigenvalue weighted by molar-refractivity contribution is 0.310. The summed E-state index contributed by atoms with van der Waals surface area (Å²) >= 11 is 6.02. The minimum absolute atomic E-state index is 0.280. The number of benzene rings is 1. The summed E-state index contributed by atoms with van der Waals surface area (Å²) in [5, 5.41) is 4.36. The van der Waals surface area contributed by atoms with Crippen molar-refractivity contribution in [2.75, 3.05) is 7.05 Å². The fourth-order valence-electron chi connectivity index (χ4n) is 2.01. The van der Waals surface area contributed by atoms with Crippen LogP contribution in [0, 0.1) is 19.7 Å². The summed E-state index contributed by atoms with van der Waals surface area (Å²) in [6.45, 7) is 4.86. The Morgan fingerprint density at radius 1 is 1.26 bits per heavy atom. The maximum absolute atomic E-state index is 13.7. The van der Waals surface area contributed by atoms with Crippen molar-refractivity contribution >= 4 is 11.6 Å². The van der Waals surface area contributed by atoms with Crippen molar-refractivity contribution in [1.29, 1.82) is 0 Å². The lowest BCUT2D eigenvalue weighted by Crippen LogP contribution is -2.19. The van der Waals surface area contributed by atoms with Gasteiger partial charge in [-0.25, -0.2) is 4.39 Å². The summed E-state index contributed by atoms with van der Waals surface area (Å²) in [6, 6.07) is 4.73. The molecule has 102 valence electrons. The van der Waals surface area contributed by atoms with Crippen LogP contribution in [0.1, 0.15) is 22.6 Å². The molecule has 0 bridgehead atoms. The molecule has 0 aliphatic carbocycles. The lowest BCUT2D eigenvalue weighted by atomic mass is 10.1. The highest BCUT2D eigenvalue weighted by Gasteiger charge is 2.14. The van der Waals surface area contributed by atoms with Crippen LogP contribution in [-0.4, -0.2) is 17.1 Å². The normalized spacial score (nSPS) is 11.3. The van der Waals surface area contributed by atoms with Gasteiger partial charge in [-0.15, -0.1) is 0 Å². The Bertz CT molecular complexity index is 543. The van der Waals surface area contributed by atoms with Crippen molar-refractivity contribution in [1.82, 2.24) is 10.1 Å². The smallest absolute Gasteiger partial charge is 0.138 e. The van der Waals surface area contributed by atoms with Crippen LogP contribution in [0.2, 0.25) is 5.02 Å². The van der Waals surface area contributed by atoms with Crippen LogP contribution in [0.25, 0.3) is 0 Å². The zero-order valence-electron chi connectivity index (χ0n) is 11.2. The van der Waals surface area contributed by atoms with E-state index in [0.717, 1.165) is 17.0 Å². The number of aromatic nitrogens is 1. The van der Waals surface area contributed by atoms with Gasteiger partial charge in [-0.05, 0) is 33.0 Å². The molecule has 5 heteroatoms. The van der Waals surface area contributed by atoms with Gasteiger partial charge in [-0.2, -0.15) is 0 Å². The molecule has 0 N–H and O–H groups in total. The van der Waals surface area contributed by atoms with Gasteiger partial charge in [0.05, 0.1) is 5.69 Å². The molecule has 0 saturated heterocycles. The average Bonchev–Trinajstić information content (AvgIpc) is 2.66. The Morgan fingerprint density at radius 3 is 2.53 bits per heavy atom. The van der Waals surface area contributed by atoms with Crippen LogP contribution in [0.5, 0.6) is 0 Å². The molecule has 0 unspecified atom stereocenters. The molecule has 0 radical (unpaired) electrons. The van der Waals surface area contributed by atoms with E-state index >= 15 is 0 Å². The second-order valence-electron chi connectivity index (χ2n) is 4.68. The Kier molecular flexibility index (Phi) is 4.22. The zero-order chi connectivity index (χ0) is 14.0. The molecule has 0 atom stereocenters. The van der Waals surface area contributed by atoms with Crippen LogP contribution in [0.3, 0.4) is 0 Å². The van der Waals surface area contributed by atoms with Gasteiger partial charge >= 0.3 is 0 Å². The van der Waals surface area contributed by atoms with E-state index in [2.05, 4.69) is 5.16 Å². The van der Waals surface area contributed by atoms with Crippen LogP contribution >= 0.6 is 11.6 Å². The third kappa shape index (κ3) is 3.14. The van der Waals surface area contributed by atoms with E-state index < -0.39 is 0 Å². The zero-order valence-corrected chi connectivity index (χ0v) is 12.0. The summed E-state index contributed by atoms with van der Waals surface area (Å²) in [5.74, 6) is 0.516. The third-order valence-electron chi connectivity index (χ3n) is 3.10. The van der Waals surface area contributed by atoms with Gasteiger partial charge in [0.25, 0.3) is 0 Å². The second-order valence-corrected chi connectivity index (χ2v) is 5.08. The average molecular weight is 283 g/mol. The minimum Gasteiger partial charge on any atom is -0.361 e. The third-order valence-corrected chi connectivity index (χ3v) is 3.45. The molecule has 3 nitrogen and oxygen atoms in total. The molecular weight excluding hydrogens is 267 g/mol. The molecule has 0 aliphatic heterocycles. The lowest BCUT2D eigenvalue weighted by Gasteiger charge is -2.17. The standard InChI is InChI=1S/C14H16ClFN2O/c1-9-11(10(2)19-17-9)7-18(3)8-12-13(15)5-4-6-14(12)16/h4-6H,7-8H2,1-3H3. The summed E-state index contributed by atoms with van der Waals surface area (Å²) in [6.07, 6.45) is 0. The van der Waals surface area contributed by atoms with Crippen LogP contribution in [-0.2, 0) is 13.1 Å². The predicted octanol–water partition coefficient (Wildman–Crippen LogP) is 3.72. The highest BCUT2D eigenvalue weighted by Crippen LogP contribution is 2.22. The molecule has 0 fully saturated rings. The van der Waals surface area contributed by atoms with Crippen LogP contribution in [0.4, 0.5) is 4.39 Å². The Labute approximate surface area is 117 Å².